The number of methoxy groups -OCH3 is 1. The van der Waals surface area contributed by atoms with Crippen molar-refractivity contribution in [3.8, 4) is 17.2 Å². The molecule has 0 aliphatic carbocycles. The molecule has 3 aromatic rings. The van der Waals surface area contributed by atoms with Crippen molar-refractivity contribution in [1.29, 1.82) is 0 Å². The summed E-state index contributed by atoms with van der Waals surface area (Å²) < 4.78 is 44.9. The van der Waals surface area contributed by atoms with E-state index in [-0.39, 0.29) is 24.6 Å². The number of fused-ring (bicyclic) bond motifs is 1. The number of sulfonamides is 1. The largest absolute Gasteiger partial charge is 0.497 e. The fourth-order valence-corrected chi connectivity index (χ4v) is 5.17. The minimum Gasteiger partial charge on any atom is -0.497 e. The van der Waals surface area contributed by atoms with Crippen LogP contribution in [0.5, 0.6) is 17.2 Å². The van der Waals surface area contributed by atoms with Gasteiger partial charge in [-0.3, -0.25) is 9.10 Å². The van der Waals surface area contributed by atoms with Gasteiger partial charge < -0.3 is 19.5 Å². The van der Waals surface area contributed by atoms with Crippen LogP contribution in [0.2, 0.25) is 0 Å². The number of hydrogen-bond acceptors (Lipinski definition) is 6. The molecule has 1 amide bonds. The standard InChI is InChI=1S/C26H28N2O6S/c1-18-4-11-22(12-5-18)35(30,31)28-17-25(34-24-16-19(2)6-13-23(24)28)26(29)27-14-15-33-21-9-7-20(32-3)8-10-21/h4-13,16,25H,14-15,17H2,1-3H3,(H,27,29). The molecule has 0 bridgehead atoms. The summed E-state index contributed by atoms with van der Waals surface area (Å²) in [5, 5.41) is 2.77. The number of ether oxygens (including phenoxy) is 3. The average Bonchev–Trinajstić information content (AvgIpc) is 2.86. The minimum absolute atomic E-state index is 0.141. The van der Waals surface area contributed by atoms with E-state index in [1.807, 2.05) is 19.9 Å². The van der Waals surface area contributed by atoms with Gasteiger partial charge in [0, 0.05) is 0 Å². The zero-order valence-corrected chi connectivity index (χ0v) is 20.7. The first-order valence-corrected chi connectivity index (χ1v) is 12.6. The number of benzene rings is 3. The lowest BCUT2D eigenvalue weighted by Gasteiger charge is -2.35. The highest BCUT2D eigenvalue weighted by atomic mass is 32.2. The second-order valence-corrected chi connectivity index (χ2v) is 10.1. The molecule has 0 radical (unpaired) electrons. The Balaban J connectivity index is 1.46. The maximum Gasteiger partial charge on any atom is 0.264 e. The van der Waals surface area contributed by atoms with Crippen LogP contribution < -0.4 is 23.8 Å². The highest BCUT2D eigenvalue weighted by molar-refractivity contribution is 7.92. The Labute approximate surface area is 205 Å². The number of carbonyl (C=O) groups is 1. The Hall–Kier alpha value is -3.72. The fourth-order valence-electron chi connectivity index (χ4n) is 3.69. The van der Waals surface area contributed by atoms with E-state index in [1.165, 1.54) is 4.31 Å². The first-order chi connectivity index (χ1) is 16.8. The third-order valence-electron chi connectivity index (χ3n) is 5.62. The van der Waals surface area contributed by atoms with Gasteiger partial charge in [-0.05, 0) is 67.9 Å². The van der Waals surface area contributed by atoms with E-state index in [0.717, 1.165) is 16.9 Å². The van der Waals surface area contributed by atoms with Crippen LogP contribution >= 0.6 is 0 Å². The predicted molar refractivity (Wildman–Crippen MR) is 133 cm³/mol. The third-order valence-corrected chi connectivity index (χ3v) is 7.41. The molecule has 0 saturated carbocycles. The molecule has 8 nitrogen and oxygen atoms in total. The molecule has 1 atom stereocenters. The summed E-state index contributed by atoms with van der Waals surface area (Å²) >= 11 is 0. The van der Waals surface area contributed by atoms with Gasteiger partial charge in [-0.15, -0.1) is 0 Å². The van der Waals surface area contributed by atoms with Crippen LogP contribution in [0.4, 0.5) is 5.69 Å². The molecule has 35 heavy (non-hydrogen) atoms. The van der Waals surface area contributed by atoms with Crippen molar-refractivity contribution in [3.63, 3.8) is 0 Å². The molecule has 1 aliphatic rings. The first-order valence-electron chi connectivity index (χ1n) is 11.2. The van der Waals surface area contributed by atoms with Crippen LogP contribution in [0, 0.1) is 13.8 Å². The van der Waals surface area contributed by atoms with Crippen molar-refractivity contribution in [2.45, 2.75) is 24.8 Å². The first kappa shape index (κ1) is 24.4. The Morgan fingerprint density at radius 3 is 2.34 bits per heavy atom. The SMILES string of the molecule is COc1ccc(OCCNC(=O)C2CN(S(=O)(=O)c3ccc(C)cc3)c3ccc(C)cc3O2)cc1. The topological polar surface area (TPSA) is 94.2 Å². The van der Waals surface area contributed by atoms with Crippen molar-refractivity contribution in [2.75, 3.05) is 31.1 Å². The van der Waals surface area contributed by atoms with E-state index >= 15 is 0 Å². The highest BCUT2D eigenvalue weighted by Gasteiger charge is 2.37. The van der Waals surface area contributed by atoms with Gasteiger partial charge in [0.15, 0.2) is 6.10 Å². The lowest BCUT2D eigenvalue weighted by atomic mass is 10.1. The molecule has 184 valence electrons. The number of aryl methyl sites for hydroxylation is 2. The molecule has 1 unspecified atom stereocenters. The maximum atomic E-state index is 13.5. The number of nitrogens with zero attached hydrogens (tertiary/aromatic N) is 1. The number of amides is 1. The van der Waals surface area contributed by atoms with Crippen LogP contribution in [0.15, 0.2) is 71.6 Å². The second kappa shape index (κ2) is 10.3. The number of anilines is 1. The Morgan fingerprint density at radius 1 is 1.00 bits per heavy atom. The summed E-state index contributed by atoms with van der Waals surface area (Å²) in [4.78, 5) is 13.1. The van der Waals surface area contributed by atoms with E-state index in [4.69, 9.17) is 14.2 Å². The van der Waals surface area contributed by atoms with Crippen LogP contribution in [0.25, 0.3) is 0 Å². The van der Waals surface area contributed by atoms with Gasteiger partial charge in [-0.2, -0.15) is 0 Å². The summed E-state index contributed by atoms with van der Waals surface area (Å²) in [7, 11) is -2.31. The molecule has 1 aliphatic heterocycles. The minimum atomic E-state index is -3.90. The Morgan fingerprint density at radius 2 is 1.66 bits per heavy atom. The number of carbonyl (C=O) groups excluding carboxylic acids is 1. The second-order valence-electron chi connectivity index (χ2n) is 8.24. The van der Waals surface area contributed by atoms with Crippen molar-refractivity contribution < 1.29 is 27.4 Å². The average molecular weight is 497 g/mol. The highest BCUT2D eigenvalue weighted by Crippen LogP contribution is 2.37. The summed E-state index contributed by atoms with van der Waals surface area (Å²) in [5.41, 5.74) is 2.25. The van der Waals surface area contributed by atoms with Gasteiger partial charge in [-0.1, -0.05) is 23.8 Å². The van der Waals surface area contributed by atoms with Crippen LogP contribution in [-0.2, 0) is 14.8 Å². The van der Waals surface area contributed by atoms with Crippen LogP contribution in [0.3, 0.4) is 0 Å². The molecule has 4 rings (SSSR count). The van der Waals surface area contributed by atoms with Gasteiger partial charge in [0.05, 0.1) is 30.8 Å². The van der Waals surface area contributed by atoms with Gasteiger partial charge in [0.1, 0.15) is 23.9 Å². The maximum absolute atomic E-state index is 13.5. The molecule has 0 aromatic heterocycles. The number of rotatable bonds is 8. The molecule has 1 heterocycles. The van der Waals surface area contributed by atoms with E-state index in [9.17, 15) is 13.2 Å². The Kier molecular flexibility index (Phi) is 7.16. The molecule has 9 heteroatoms. The van der Waals surface area contributed by atoms with E-state index in [1.54, 1.807) is 67.8 Å². The van der Waals surface area contributed by atoms with Gasteiger partial charge in [0.25, 0.3) is 15.9 Å². The van der Waals surface area contributed by atoms with Crippen molar-refractivity contribution >= 4 is 21.6 Å². The molecular weight excluding hydrogens is 468 g/mol. The molecule has 0 fully saturated rings. The van der Waals surface area contributed by atoms with Gasteiger partial charge in [0.2, 0.25) is 0 Å². The predicted octanol–water partition coefficient (Wildman–Crippen LogP) is 3.46. The smallest absolute Gasteiger partial charge is 0.264 e. The molecule has 0 saturated heterocycles. The zero-order valence-electron chi connectivity index (χ0n) is 19.9. The molecule has 0 spiro atoms. The summed E-state index contributed by atoms with van der Waals surface area (Å²) in [6, 6.07) is 19.0. The zero-order chi connectivity index (χ0) is 25.0. The van der Waals surface area contributed by atoms with E-state index in [2.05, 4.69) is 5.32 Å². The summed E-state index contributed by atoms with van der Waals surface area (Å²) in [6.45, 7) is 4.10. The summed E-state index contributed by atoms with van der Waals surface area (Å²) in [6.07, 6.45) is -1.01. The number of hydrogen-bond donors (Lipinski definition) is 1. The van der Waals surface area contributed by atoms with Gasteiger partial charge >= 0.3 is 0 Å². The van der Waals surface area contributed by atoms with Gasteiger partial charge in [-0.25, -0.2) is 8.42 Å². The Bertz CT molecular complexity index is 1290. The van der Waals surface area contributed by atoms with Crippen molar-refractivity contribution in [3.05, 3.63) is 77.9 Å². The summed E-state index contributed by atoms with van der Waals surface area (Å²) in [5.74, 6) is 1.30. The fraction of sp³-hybridized carbons (Fsp3) is 0.269. The van der Waals surface area contributed by atoms with Crippen LogP contribution in [0.1, 0.15) is 11.1 Å². The van der Waals surface area contributed by atoms with Crippen LogP contribution in [-0.4, -0.2) is 47.2 Å². The normalized spacial score (nSPS) is 15.1. The van der Waals surface area contributed by atoms with Crippen molar-refractivity contribution in [2.24, 2.45) is 0 Å². The number of nitrogens with one attached hydrogen (secondary N) is 1. The van der Waals surface area contributed by atoms with E-state index < -0.39 is 22.0 Å². The lowest BCUT2D eigenvalue weighted by molar-refractivity contribution is -0.127. The van der Waals surface area contributed by atoms with Crippen molar-refractivity contribution in [1.82, 2.24) is 5.32 Å². The lowest BCUT2D eigenvalue weighted by Crippen LogP contribution is -2.51. The third kappa shape index (κ3) is 5.51. The molecule has 3 aromatic carbocycles. The quantitative estimate of drug-likeness (QED) is 0.480. The van der Waals surface area contributed by atoms with E-state index in [0.29, 0.717) is 17.2 Å². The molecular formula is C26H28N2O6S. The molecule has 1 N–H and O–H groups in total. The monoisotopic (exact) mass is 496 g/mol.